The summed E-state index contributed by atoms with van der Waals surface area (Å²) in [5.74, 6) is -4.36. The van der Waals surface area contributed by atoms with Gasteiger partial charge >= 0.3 is 0 Å². The first kappa shape index (κ1) is 33.6. The van der Waals surface area contributed by atoms with Gasteiger partial charge < -0.3 is 45.8 Å². The van der Waals surface area contributed by atoms with Gasteiger partial charge in [0.2, 0.25) is 17.2 Å². The summed E-state index contributed by atoms with van der Waals surface area (Å²) >= 11 is 0.795. The maximum Gasteiger partial charge on any atom is 0.205 e. The van der Waals surface area contributed by atoms with E-state index in [0.29, 0.717) is 28.5 Å². The molecule has 0 amide bonds. The number of phenolic OH excluding ortho intramolecular Hbond substituents is 7. The van der Waals surface area contributed by atoms with Crippen LogP contribution in [0.1, 0.15) is 45.1 Å². The number of fused-ring (bicyclic) bond motifs is 12. The standard InChI is InChI=1S/C46H29N3O8S/c50-34-31-32-35(51)38(54)39(55)40(56)42(32)58-41(31)33(36(52)37(34)53)45-48-43(21-10-2-1-3-11-21)47-44(49-45)22-18-19-28-30(20-22)57-29-17-9-8-16-27(29)46(28)25-14-6-4-12-23(25)24-13-5-7-15-26(24)46/h1-20,44,50-56H,(H,47,48,49). The van der Waals surface area contributed by atoms with Crippen molar-refractivity contribution >= 4 is 43.2 Å². The van der Waals surface area contributed by atoms with E-state index in [1.807, 2.05) is 66.7 Å². The summed E-state index contributed by atoms with van der Waals surface area (Å²) in [4.78, 5) is 10.00. The molecule has 0 fully saturated rings. The third-order valence-corrected chi connectivity index (χ3v) is 12.6. The van der Waals surface area contributed by atoms with Crippen molar-refractivity contribution in [3.05, 3.63) is 160 Å². The third-order valence-electron chi connectivity index (χ3n) is 11.4. The molecule has 3 aliphatic rings. The average Bonchev–Trinajstić information content (AvgIpc) is 3.80. The van der Waals surface area contributed by atoms with Gasteiger partial charge in [-0.25, -0.2) is 9.98 Å². The Morgan fingerprint density at radius 2 is 1.05 bits per heavy atom. The first-order valence-corrected chi connectivity index (χ1v) is 19.1. The van der Waals surface area contributed by atoms with Crippen molar-refractivity contribution < 1.29 is 40.5 Å². The maximum atomic E-state index is 11.5. The zero-order valence-corrected chi connectivity index (χ0v) is 30.8. The molecule has 1 atom stereocenters. The zero-order chi connectivity index (χ0) is 39.6. The minimum Gasteiger partial charge on any atom is -0.504 e. The molecule has 0 radical (unpaired) electrons. The number of rotatable bonds is 3. The Morgan fingerprint density at radius 1 is 0.500 bits per heavy atom. The van der Waals surface area contributed by atoms with Crippen molar-refractivity contribution in [2.24, 2.45) is 9.98 Å². The summed E-state index contributed by atoms with van der Waals surface area (Å²) < 4.78 is 6.68. The highest BCUT2D eigenvalue weighted by atomic mass is 32.1. The van der Waals surface area contributed by atoms with Crippen LogP contribution in [0.2, 0.25) is 0 Å². The molecule has 58 heavy (non-hydrogen) atoms. The first-order valence-electron chi connectivity index (χ1n) is 18.3. The second kappa shape index (κ2) is 11.9. The minimum atomic E-state index is -1.02. The molecular weight excluding hydrogens is 755 g/mol. The SMILES string of the molecule is Oc1c(O)c(O)c2c(sc3c(C4=NC(c5ccc6c(c5)Oc5ccccc5C65c6ccccc6-c6ccccc65)N=C(c5ccccc5)N4)c(O)c(O)c(O)c32)c1O. The van der Waals surface area contributed by atoms with E-state index in [4.69, 9.17) is 14.7 Å². The van der Waals surface area contributed by atoms with Gasteiger partial charge in [-0.3, -0.25) is 0 Å². The van der Waals surface area contributed by atoms with Crippen LogP contribution in [-0.2, 0) is 5.41 Å². The molecular formula is C46H29N3O8S. The minimum absolute atomic E-state index is 0.0368. The van der Waals surface area contributed by atoms with Crippen LogP contribution in [-0.4, -0.2) is 47.4 Å². The molecule has 8 N–H and O–H groups in total. The number of nitrogens with one attached hydrogen (secondary N) is 1. The lowest BCUT2D eigenvalue weighted by molar-refractivity contribution is 0.351. The molecule has 1 aromatic heterocycles. The number of amidine groups is 2. The van der Waals surface area contributed by atoms with Crippen LogP contribution in [0.15, 0.2) is 131 Å². The fourth-order valence-corrected chi connectivity index (χ4v) is 10.2. The van der Waals surface area contributed by atoms with Crippen LogP contribution in [0, 0.1) is 0 Å². The smallest absolute Gasteiger partial charge is 0.205 e. The van der Waals surface area contributed by atoms with Crippen molar-refractivity contribution in [2.75, 3.05) is 0 Å². The number of aromatic hydroxyl groups is 7. The van der Waals surface area contributed by atoms with Gasteiger partial charge in [0, 0.05) is 22.3 Å². The van der Waals surface area contributed by atoms with Crippen molar-refractivity contribution in [1.82, 2.24) is 5.32 Å². The first-order chi connectivity index (χ1) is 28.2. The Bertz CT molecular complexity index is 3130. The number of thiophene rings is 1. The van der Waals surface area contributed by atoms with Gasteiger partial charge in [-0.1, -0.05) is 109 Å². The summed E-state index contributed by atoms with van der Waals surface area (Å²) in [5, 5.41) is 79.1. The highest BCUT2D eigenvalue weighted by Crippen LogP contribution is 2.63. The highest BCUT2D eigenvalue weighted by molar-refractivity contribution is 7.26. The molecule has 7 aromatic carbocycles. The normalized spacial score (nSPS) is 15.8. The third kappa shape index (κ3) is 4.31. The molecule has 12 heteroatoms. The number of benzene rings is 7. The predicted octanol–water partition coefficient (Wildman–Crippen LogP) is 8.96. The molecule has 1 unspecified atom stereocenters. The summed E-state index contributed by atoms with van der Waals surface area (Å²) in [7, 11) is 0. The topological polar surface area (TPSA) is 188 Å². The van der Waals surface area contributed by atoms with E-state index in [1.54, 1.807) is 0 Å². The van der Waals surface area contributed by atoms with Gasteiger partial charge in [0.15, 0.2) is 29.2 Å². The Kier molecular flexibility index (Phi) is 6.90. The summed E-state index contributed by atoms with van der Waals surface area (Å²) in [6.45, 7) is 0. The Balaban J connectivity index is 1.14. The molecule has 2 aliphatic heterocycles. The van der Waals surface area contributed by atoms with Gasteiger partial charge in [-0.15, -0.1) is 11.3 Å². The Labute approximate surface area is 332 Å². The fraction of sp³-hybridized carbons (Fsp3) is 0.0435. The van der Waals surface area contributed by atoms with Crippen molar-refractivity contribution in [3.63, 3.8) is 0 Å². The highest BCUT2D eigenvalue weighted by Gasteiger charge is 2.51. The van der Waals surface area contributed by atoms with Crippen LogP contribution in [0.5, 0.6) is 51.7 Å². The molecule has 0 saturated heterocycles. The number of hydrogen-bond donors (Lipinski definition) is 8. The molecule has 1 spiro atoms. The second-order valence-corrected chi connectivity index (χ2v) is 15.4. The van der Waals surface area contributed by atoms with E-state index in [2.05, 4.69) is 59.9 Å². The number of hydrogen-bond acceptors (Lipinski definition) is 12. The Morgan fingerprint density at radius 3 is 1.76 bits per heavy atom. The summed E-state index contributed by atoms with van der Waals surface area (Å²) in [5.41, 5.74) is 7.09. The molecule has 11 rings (SSSR count). The van der Waals surface area contributed by atoms with E-state index in [-0.39, 0.29) is 31.6 Å². The van der Waals surface area contributed by atoms with E-state index in [0.717, 1.165) is 44.7 Å². The van der Waals surface area contributed by atoms with Crippen molar-refractivity contribution in [1.29, 1.82) is 0 Å². The van der Waals surface area contributed by atoms with E-state index >= 15 is 0 Å². The van der Waals surface area contributed by atoms with Gasteiger partial charge in [-0.2, -0.15) is 0 Å². The number of para-hydroxylation sites is 1. The van der Waals surface area contributed by atoms with Gasteiger partial charge in [-0.05, 0) is 34.4 Å². The lowest BCUT2D eigenvalue weighted by atomic mass is 9.66. The fourth-order valence-electron chi connectivity index (χ4n) is 8.86. The second-order valence-electron chi connectivity index (χ2n) is 14.3. The predicted molar refractivity (Wildman–Crippen MR) is 220 cm³/mol. The molecule has 282 valence electrons. The quantitative estimate of drug-likeness (QED) is 0.0639. The molecule has 1 aliphatic carbocycles. The van der Waals surface area contributed by atoms with Crippen LogP contribution in [0.4, 0.5) is 0 Å². The Hall–Kier alpha value is -7.70. The van der Waals surface area contributed by atoms with Gasteiger partial charge in [0.1, 0.15) is 23.2 Å². The average molecular weight is 784 g/mol. The number of ether oxygens (including phenoxy) is 1. The molecule has 0 bridgehead atoms. The lowest BCUT2D eigenvalue weighted by Crippen LogP contribution is -2.36. The monoisotopic (exact) mass is 783 g/mol. The lowest BCUT2D eigenvalue weighted by Gasteiger charge is -2.39. The van der Waals surface area contributed by atoms with E-state index in [9.17, 15) is 35.7 Å². The van der Waals surface area contributed by atoms with Gasteiger partial charge in [0.05, 0.1) is 31.2 Å². The van der Waals surface area contributed by atoms with Crippen LogP contribution >= 0.6 is 11.3 Å². The van der Waals surface area contributed by atoms with Crippen molar-refractivity contribution in [2.45, 2.75) is 11.6 Å². The van der Waals surface area contributed by atoms with Crippen LogP contribution in [0.25, 0.3) is 31.3 Å². The maximum absolute atomic E-state index is 11.5. The molecule has 3 heterocycles. The largest absolute Gasteiger partial charge is 0.504 e. The molecule has 0 saturated carbocycles. The van der Waals surface area contributed by atoms with Crippen molar-refractivity contribution in [3.8, 4) is 62.9 Å². The molecule has 8 aromatic rings. The molecule has 11 nitrogen and oxygen atoms in total. The van der Waals surface area contributed by atoms with Gasteiger partial charge in [0.25, 0.3) is 0 Å². The summed E-state index contributed by atoms with van der Waals surface area (Å²) in [6, 6.07) is 40.1. The number of nitrogens with zero attached hydrogens (tertiary/aromatic N) is 2. The van der Waals surface area contributed by atoms with E-state index < -0.39 is 51.8 Å². The van der Waals surface area contributed by atoms with E-state index in [1.165, 1.54) is 0 Å². The van der Waals surface area contributed by atoms with Crippen LogP contribution in [0.3, 0.4) is 0 Å². The number of phenols is 7. The van der Waals surface area contributed by atoms with Crippen LogP contribution < -0.4 is 10.1 Å². The zero-order valence-electron chi connectivity index (χ0n) is 30.0. The number of aliphatic imine (C=N–C) groups is 2. The summed E-state index contributed by atoms with van der Waals surface area (Å²) in [6.07, 6.45) is -0.939.